The molecule has 2 N–H and O–H groups in total. The van der Waals surface area contributed by atoms with Gasteiger partial charge >= 0.3 is 11.9 Å². The minimum absolute atomic E-state index is 0.150. The molecule has 2 aliphatic heterocycles. The van der Waals surface area contributed by atoms with Crippen molar-refractivity contribution in [3.05, 3.63) is 0 Å². The summed E-state index contributed by atoms with van der Waals surface area (Å²) >= 11 is 0. The fourth-order valence-corrected chi connectivity index (χ4v) is 0.903. The third-order valence-corrected chi connectivity index (χ3v) is 1.95. The van der Waals surface area contributed by atoms with Crippen LogP contribution in [-0.2, 0) is 19.3 Å². The van der Waals surface area contributed by atoms with E-state index in [2.05, 4.69) is 0 Å². The lowest BCUT2D eigenvalue weighted by Crippen LogP contribution is -2.36. The number of carbonyl (C=O) groups excluding carboxylic acids is 2. The van der Waals surface area contributed by atoms with Crippen molar-refractivity contribution in [1.29, 1.82) is 0 Å². The Hall–Kier alpha value is -1.18. The first-order chi connectivity index (χ1) is 7.15. The number of hydrogen-bond donors (Lipinski definition) is 1. The zero-order valence-electron chi connectivity index (χ0n) is 8.22. The van der Waals surface area contributed by atoms with E-state index in [1.165, 1.54) is 10.1 Å². The Bertz CT molecular complexity index is 275. The summed E-state index contributed by atoms with van der Waals surface area (Å²) in [7, 11) is 0. The van der Waals surface area contributed by atoms with Crippen LogP contribution in [0.4, 0.5) is 0 Å². The molecule has 0 aromatic carbocycles. The van der Waals surface area contributed by atoms with Crippen molar-refractivity contribution in [2.75, 3.05) is 26.2 Å². The van der Waals surface area contributed by atoms with Crippen molar-refractivity contribution in [2.45, 2.75) is 12.5 Å². The normalized spacial score (nSPS) is 21.9. The Morgan fingerprint density at radius 2 is 1.67 bits per heavy atom. The summed E-state index contributed by atoms with van der Waals surface area (Å²) in [5.74, 6) is -1.09. The van der Waals surface area contributed by atoms with Gasteiger partial charge in [0.15, 0.2) is 0 Å². The molecule has 0 aromatic heterocycles. The predicted octanol–water partition coefficient (Wildman–Crippen LogP) is -1.75. The standard InChI is InChI=1S/C8H13N3O4/c9-6(8(13)15-11-3-4-11)5-7(12)14-10-1-2-10/h6H,1-5,9H2. The molecule has 7 heteroatoms. The van der Waals surface area contributed by atoms with Crippen LogP contribution >= 0.6 is 0 Å². The molecule has 0 bridgehead atoms. The zero-order chi connectivity index (χ0) is 10.8. The molecule has 0 spiro atoms. The highest BCUT2D eigenvalue weighted by atomic mass is 16.7. The number of hydroxylamine groups is 4. The molecular formula is C8H13N3O4. The Kier molecular flexibility index (Phi) is 2.85. The third kappa shape index (κ3) is 3.46. The molecule has 0 amide bonds. The van der Waals surface area contributed by atoms with Gasteiger partial charge in [0.1, 0.15) is 6.04 Å². The number of carbonyl (C=O) groups is 2. The van der Waals surface area contributed by atoms with Crippen LogP contribution in [0.15, 0.2) is 0 Å². The number of nitrogens with zero attached hydrogens (tertiary/aromatic N) is 2. The second-order valence-corrected chi connectivity index (χ2v) is 3.54. The summed E-state index contributed by atoms with van der Waals surface area (Å²) < 4.78 is 0. The fourth-order valence-electron chi connectivity index (χ4n) is 0.903. The van der Waals surface area contributed by atoms with E-state index in [1.54, 1.807) is 0 Å². The van der Waals surface area contributed by atoms with Crippen molar-refractivity contribution in [3.8, 4) is 0 Å². The summed E-state index contributed by atoms with van der Waals surface area (Å²) in [6.07, 6.45) is -0.150. The van der Waals surface area contributed by atoms with Crippen LogP contribution in [0, 0.1) is 0 Å². The molecule has 7 nitrogen and oxygen atoms in total. The molecule has 0 aromatic rings. The first-order valence-electron chi connectivity index (χ1n) is 4.83. The summed E-state index contributed by atoms with van der Waals surface area (Å²) in [5.41, 5.74) is 5.47. The van der Waals surface area contributed by atoms with E-state index >= 15 is 0 Å². The largest absolute Gasteiger partial charge is 0.368 e. The molecule has 0 saturated carbocycles. The summed E-state index contributed by atoms with van der Waals surface area (Å²) in [4.78, 5) is 32.0. The quantitative estimate of drug-likeness (QED) is 0.544. The van der Waals surface area contributed by atoms with E-state index in [-0.39, 0.29) is 6.42 Å². The molecular weight excluding hydrogens is 202 g/mol. The van der Waals surface area contributed by atoms with Gasteiger partial charge in [0, 0.05) is 0 Å². The maximum Gasteiger partial charge on any atom is 0.342 e. The van der Waals surface area contributed by atoms with E-state index in [4.69, 9.17) is 15.4 Å². The van der Waals surface area contributed by atoms with E-state index < -0.39 is 18.0 Å². The molecule has 2 aliphatic rings. The summed E-state index contributed by atoms with van der Waals surface area (Å²) in [5, 5.41) is 2.96. The van der Waals surface area contributed by atoms with E-state index in [0.29, 0.717) is 0 Å². The van der Waals surface area contributed by atoms with Crippen LogP contribution in [0.2, 0.25) is 0 Å². The van der Waals surface area contributed by atoms with Crippen LogP contribution in [0.5, 0.6) is 0 Å². The first kappa shape index (κ1) is 10.3. The number of nitrogens with two attached hydrogens (primary N) is 1. The zero-order valence-corrected chi connectivity index (χ0v) is 8.22. The Morgan fingerprint density at radius 1 is 1.13 bits per heavy atom. The van der Waals surface area contributed by atoms with Gasteiger partial charge in [-0.1, -0.05) is 0 Å². The monoisotopic (exact) mass is 215 g/mol. The van der Waals surface area contributed by atoms with Crippen molar-refractivity contribution in [2.24, 2.45) is 5.73 Å². The maximum atomic E-state index is 11.2. The molecule has 1 unspecified atom stereocenters. The Labute approximate surface area is 86.6 Å². The van der Waals surface area contributed by atoms with Gasteiger partial charge < -0.3 is 15.4 Å². The minimum atomic E-state index is -0.946. The number of rotatable bonds is 5. The maximum absolute atomic E-state index is 11.2. The SMILES string of the molecule is NC(CC(=O)ON1CC1)C(=O)ON1CC1. The third-order valence-electron chi connectivity index (χ3n) is 1.95. The van der Waals surface area contributed by atoms with Crippen LogP contribution in [0.25, 0.3) is 0 Å². The molecule has 1 atom stereocenters. The van der Waals surface area contributed by atoms with Crippen molar-refractivity contribution in [3.63, 3.8) is 0 Å². The van der Waals surface area contributed by atoms with Gasteiger partial charge in [-0.3, -0.25) is 4.79 Å². The Morgan fingerprint density at radius 3 is 2.20 bits per heavy atom. The number of hydrogen-bond acceptors (Lipinski definition) is 7. The molecule has 2 saturated heterocycles. The highest BCUT2D eigenvalue weighted by molar-refractivity contribution is 5.82. The van der Waals surface area contributed by atoms with Gasteiger partial charge in [0.2, 0.25) is 0 Å². The van der Waals surface area contributed by atoms with Crippen molar-refractivity contribution in [1.82, 2.24) is 10.1 Å². The molecule has 2 rings (SSSR count). The van der Waals surface area contributed by atoms with Gasteiger partial charge in [-0.2, -0.15) is 0 Å². The topological polar surface area (TPSA) is 84.6 Å². The predicted molar refractivity (Wildman–Crippen MR) is 47.9 cm³/mol. The molecule has 2 fully saturated rings. The highest BCUT2D eigenvalue weighted by Crippen LogP contribution is 2.08. The molecule has 84 valence electrons. The van der Waals surface area contributed by atoms with Crippen LogP contribution in [0.3, 0.4) is 0 Å². The molecule has 2 heterocycles. The van der Waals surface area contributed by atoms with Crippen LogP contribution in [0.1, 0.15) is 6.42 Å². The summed E-state index contributed by atoms with van der Waals surface area (Å²) in [6, 6.07) is -0.946. The fraction of sp³-hybridized carbons (Fsp3) is 0.750. The lowest BCUT2D eigenvalue weighted by Gasteiger charge is -2.10. The highest BCUT2D eigenvalue weighted by Gasteiger charge is 2.29. The van der Waals surface area contributed by atoms with Crippen LogP contribution < -0.4 is 5.73 Å². The van der Waals surface area contributed by atoms with Gasteiger partial charge in [-0.05, 0) is 0 Å². The molecule has 0 radical (unpaired) electrons. The van der Waals surface area contributed by atoms with Crippen LogP contribution in [-0.4, -0.2) is 54.3 Å². The second-order valence-electron chi connectivity index (χ2n) is 3.54. The van der Waals surface area contributed by atoms with Crippen molar-refractivity contribution >= 4 is 11.9 Å². The van der Waals surface area contributed by atoms with Gasteiger partial charge in [-0.15, -0.1) is 10.1 Å². The van der Waals surface area contributed by atoms with Gasteiger partial charge in [0.25, 0.3) is 0 Å². The van der Waals surface area contributed by atoms with E-state index in [1.807, 2.05) is 0 Å². The first-order valence-corrected chi connectivity index (χ1v) is 4.83. The average Bonchev–Trinajstić information content (AvgIpc) is 2.98. The Balaban J connectivity index is 1.66. The average molecular weight is 215 g/mol. The smallest absolute Gasteiger partial charge is 0.342 e. The van der Waals surface area contributed by atoms with Crippen molar-refractivity contribution < 1.29 is 19.3 Å². The minimum Gasteiger partial charge on any atom is -0.368 e. The summed E-state index contributed by atoms with van der Waals surface area (Å²) in [6.45, 7) is 2.96. The molecule has 0 aliphatic carbocycles. The lowest BCUT2D eigenvalue weighted by molar-refractivity contribution is -0.175. The van der Waals surface area contributed by atoms with E-state index in [0.717, 1.165) is 26.2 Å². The molecule has 15 heavy (non-hydrogen) atoms. The van der Waals surface area contributed by atoms with E-state index in [9.17, 15) is 9.59 Å². The van der Waals surface area contributed by atoms with Gasteiger partial charge in [0.05, 0.1) is 32.6 Å². The second kappa shape index (κ2) is 4.13. The lowest BCUT2D eigenvalue weighted by atomic mass is 10.2. The van der Waals surface area contributed by atoms with Gasteiger partial charge in [-0.25, -0.2) is 4.79 Å².